The van der Waals surface area contributed by atoms with Crippen LogP contribution in [0.4, 0.5) is 0 Å². The van der Waals surface area contributed by atoms with E-state index in [-0.39, 0.29) is 59.4 Å². The molecule has 8 atom stereocenters. The van der Waals surface area contributed by atoms with E-state index in [9.17, 15) is 9.59 Å². The average Bonchev–Trinajstić information content (AvgIpc) is 3.89. The molecule has 378 valence electrons. The summed E-state index contributed by atoms with van der Waals surface area (Å²) in [6.07, 6.45) is 0. The number of amides is 2. The number of nitrogens with one attached hydrogen (secondary N) is 2. The molecule has 2 aliphatic carbocycles. The summed E-state index contributed by atoms with van der Waals surface area (Å²) in [7, 11) is 1.00. The maximum Gasteiger partial charge on any atom is 0.217 e. The van der Waals surface area contributed by atoms with E-state index in [4.69, 9.17) is 5.11 Å². The fourth-order valence-electron chi connectivity index (χ4n) is 11.9. The summed E-state index contributed by atoms with van der Waals surface area (Å²) < 4.78 is 0. The first-order valence-electron chi connectivity index (χ1n) is 26.2. The van der Waals surface area contributed by atoms with E-state index in [1.54, 1.807) is 13.8 Å². The topological polar surface area (TPSA) is 78.4 Å². The van der Waals surface area contributed by atoms with Crippen molar-refractivity contribution in [1.29, 1.82) is 0 Å². The molecule has 3 N–H and O–H groups in total. The number of hydrogen-bond acceptors (Lipinski definition) is 3. The van der Waals surface area contributed by atoms with Gasteiger partial charge >= 0.3 is 0 Å². The number of carbonyl (C=O) groups is 2. The molecule has 5 heteroatoms. The van der Waals surface area contributed by atoms with Crippen LogP contribution in [0.2, 0.25) is 0 Å². The molecule has 2 amide bonds. The minimum atomic E-state index is -0.133. The Morgan fingerprint density at radius 1 is 0.338 bits per heavy atom. The van der Waals surface area contributed by atoms with Crippen molar-refractivity contribution in [3.63, 3.8) is 0 Å². The van der Waals surface area contributed by atoms with Gasteiger partial charge in [-0.2, -0.15) is 0 Å². The molecule has 0 fully saturated rings. The van der Waals surface area contributed by atoms with Gasteiger partial charge in [-0.15, -0.1) is 0 Å². The van der Waals surface area contributed by atoms with Crippen LogP contribution < -0.4 is 10.6 Å². The van der Waals surface area contributed by atoms with Crippen molar-refractivity contribution in [3.8, 4) is 0 Å². The Hall–Kier alpha value is -7.34. The lowest BCUT2D eigenvalue weighted by atomic mass is 9.74. The fraction of sp³-hybridized carbons (Fsp3) is 0.275. The lowest BCUT2D eigenvalue weighted by molar-refractivity contribution is -0.120. The predicted molar refractivity (Wildman–Crippen MR) is 305 cm³/mol. The second-order valence-electron chi connectivity index (χ2n) is 21.1. The quantitative estimate of drug-likeness (QED) is 0.128. The molecule has 74 heavy (non-hydrogen) atoms. The van der Waals surface area contributed by atoms with Crippen molar-refractivity contribution in [1.82, 2.24) is 10.6 Å². The summed E-state index contributed by atoms with van der Waals surface area (Å²) in [6, 6.07) is 66.8. The minimum absolute atomic E-state index is 0.00400. The van der Waals surface area contributed by atoms with E-state index in [0.29, 0.717) is 0 Å². The first-order valence-corrected chi connectivity index (χ1v) is 26.2. The van der Waals surface area contributed by atoms with Gasteiger partial charge in [0, 0.05) is 56.5 Å². The molecule has 0 saturated heterocycles. The Morgan fingerprint density at radius 2 is 0.581 bits per heavy atom. The molecule has 0 aromatic heterocycles. The number of hydrogen-bond donors (Lipinski definition) is 3. The monoisotopic (exact) mass is 979 g/mol. The van der Waals surface area contributed by atoms with Crippen LogP contribution in [0.15, 0.2) is 182 Å². The number of benzene rings is 8. The van der Waals surface area contributed by atoms with Gasteiger partial charge in [0.2, 0.25) is 11.8 Å². The molecule has 0 saturated carbocycles. The largest absolute Gasteiger partial charge is 0.400 e. The van der Waals surface area contributed by atoms with Crippen molar-refractivity contribution in [2.75, 3.05) is 7.11 Å². The zero-order valence-electron chi connectivity index (χ0n) is 45.2. The molecule has 0 heterocycles. The highest BCUT2D eigenvalue weighted by atomic mass is 16.2. The van der Waals surface area contributed by atoms with Gasteiger partial charge in [0.1, 0.15) is 0 Å². The van der Waals surface area contributed by atoms with Gasteiger partial charge in [-0.1, -0.05) is 226 Å². The Labute approximate surface area is 441 Å². The van der Waals surface area contributed by atoms with Crippen LogP contribution in [0.1, 0.15) is 162 Å². The Morgan fingerprint density at radius 3 is 0.851 bits per heavy atom. The van der Waals surface area contributed by atoms with Crippen LogP contribution >= 0.6 is 0 Å². The summed E-state index contributed by atoms with van der Waals surface area (Å²) >= 11 is 0. The molecule has 10 rings (SSSR count). The van der Waals surface area contributed by atoms with Gasteiger partial charge in [-0.05, 0) is 111 Å². The smallest absolute Gasteiger partial charge is 0.217 e. The van der Waals surface area contributed by atoms with E-state index < -0.39 is 0 Å². The molecular formula is C69H74N2O3. The first kappa shape index (κ1) is 53.0. The van der Waals surface area contributed by atoms with E-state index in [1.165, 1.54) is 89.0 Å². The normalized spacial score (nSPS) is 19.1. The lowest BCUT2D eigenvalue weighted by Gasteiger charge is -2.33. The molecule has 0 radical (unpaired) electrons. The van der Waals surface area contributed by atoms with E-state index in [0.717, 1.165) is 18.2 Å². The summed E-state index contributed by atoms with van der Waals surface area (Å²) in [5, 5.41) is 13.7. The molecule has 8 aromatic carbocycles. The standard InChI is InChI=1S/2C34H35NO.CH4O/c2*1-21-6-13-26(14-7-21)31-30-20-24(4)12-19-29(30)33(32(31)27-15-8-22(2)9-16-27)34(35-25(5)36)28-17-10-23(3)11-18-28;1-2/h2*6-20,31-34H,1-5H3,(H,35,36);2H,1H3/t31-,32+,33+,34+;31-,32+,33+,34-;/m11./s1. The molecular weight excluding hydrogens is 905 g/mol. The van der Waals surface area contributed by atoms with Crippen LogP contribution in [0.25, 0.3) is 0 Å². The number of aryl methyl sites for hydroxylation is 8. The van der Waals surface area contributed by atoms with E-state index in [2.05, 4.69) is 248 Å². The van der Waals surface area contributed by atoms with Crippen LogP contribution in [-0.4, -0.2) is 24.0 Å². The highest BCUT2D eigenvalue weighted by molar-refractivity contribution is 5.74. The molecule has 8 aromatic rings. The predicted octanol–water partition coefficient (Wildman–Crippen LogP) is 15.2. The number of aliphatic hydroxyl groups is 1. The maximum absolute atomic E-state index is 12.6. The summed E-state index contributed by atoms with van der Waals surface area (Å²) in [6.45, 7) is 20.4. The summed E-state index contributed by atoms with van der Waals surface area (Å²) in [4.78, 5) is 25.2. The summed E-state index contributed by atoms with van der Waals surface area (Å²) in [5.41, 5.74) is 23.0. The molecule has 0 spiro atoms. The number of rotatable bonds is 10. The third-order valence-electron chi connectivity index (χ3n) is 15.5. The first-order chi connectivity index (χ1) is 35.6. The van der Waals surface area contributed by atoms with Gasteiger partial charge in [0.25, 0.3) is 0 Å². The zero-order chi connectivity index (χ0) is 52.8. The van der Waals surface area contributed by atoms with Crippen molar-refractivity contribution >= 4 is 11.8 Å². The third kappa shape index (κ3) is 11.5. The van der Waals surface area contributed by atoms with Crippen molar-refractivity contribution in [2.45, 2.75) is 117 Å². The van der Waals surface area contributed by atoms with Gasteiger partial charge in [0.15, 0.2) is 0 Å². The van der Waals surface area contributed by atoms with Gasteiger partial charge < -0.3 is 15.7 Å². The second kappa shape index (κ2) is 23.3. The fourth-order valence-corrected chi connectivity index (χ4v) is 11.9. The second-order valence-corrected chi connectivity index (χ2v) is 21.1. The van der Waals surface area contributed by atoms with Crippen LogP contribution in [0.5, 0.6) is 0 Å². The number of aliphatic hydroxyl groups excluding tert-OH is 1. The third-order valence-corrected chi connectivity index (χ3v) is 15.5. The molecule has 5 nitrogen and oxygen atoms in total. The highest BCUT2D eigenvalue weighted by Crippen LogP contribution is 2.60. The Balaban J connectivity index is 0.000000191. The summed E-state index contributed by atoms with van der Waals surface area (Å²) in [5.74, 6) is 0.963. The average molecular weight is 979 g/mol. The molecule has 0 aliphatic heterocycles. The maximum atomic E-state index is 12.6. The van der Waals surface area contributed by atoms with Gasteiger partial charge in [-0.3, -0.25) is 9.59 Å². The van der Waals surface area contributed by atoms with Gasteiger partial charge in [-0.25, -0.2) is 0 Å². The number of carbonyl (C=O) groups excluding carboxylic acids is 2. The molecule has 0 bridgehead atoms. The van der Waals surface area contributed by atoms with Crippen molar-refractivity contribution in [2.24, 2.45) is 0 Å². The number of fused-ring (bicyclic) bond motifs is 2. The zero-order valence-corrected chi connectivity index (χ0v) is 45.2. The van der Waals surface area contributed by atoms with Crippen molar-refractivity contribution < 1.29 is 14.7 Å². The minimum Gasteiger partial charge on any atom is -0.400 e. The van der Waals surface area contributed by atoms with Crippen molar-refractivity contribution in [3.05, 3.63) is 282 Å². The Bertz CT molecular complexity index is 2960. The van der Waals surface area contributed by atoms with Crippen LogP contribution in [0, 0.1) is 55.4 Å². The molecule has 0 unspecified atom stereocenters. The van der Waals surface area contributed by atoms with Gasteiger partial charge in [0.05, 0.1) is 12.1 Å². The van der Waals surface area contributed by atoms with Crippen LogP contribution in [0.3, 0.4) is 0 Å². The highest BCUT2D eigenvalue weighted by Gasteiger charge is 2.48. The molecule has 2 aliphatic rings. The SMILES string of the molecule is CC(=O)N[C@@H](c1ccc(C)cc1)[C@H]1c2ccc(C)cc2[C@@H](c2ccc(C)cc2)[C@@H]1c1ccc(C)cc1.CC(=O)N[C@H](c1ccc(C)cc1)[C@H]1c2ccc(C)cc2[C@@H](c2ccc(C)cc2)[C@@H]1c1ccc(C)cc1.CO. The van der Waals surface area contributed by atoms with E-state index >= 15 is 0 Å². The Kier molecular flexibility index (Phi) is 16.6. The van der Waals surface area contributed by atoms with Crippen LogP contribution in [-0.2, 0) is 9.59 Å². The van der Waals surface area contributed by atoms with E-state index in [1.807, 2.05) is 0 Å². The lowest BCUT2D eigenvalue weighted by Crippen LogP contribution is -2.32.